The molecule has 2 aromatic rings. The van der Waals surface area contributed by atoms with Gasteiger partial charge in [-0.3, -0.25) is 9.69 Å². The van der Waals surface area contributed by atoms with E-state index in [-0.39, 0.29) is 18.3 Å². The van der Waals surface area contributed by atoms with E-state index in [4.69, 9.17) is 0 Å². The van der Waals surface area contributed by atoms with Crippen molar-refractivity contribution < 1.29 is 4.79 Å². The summed E-state index contributed by atoms with van der Waals surface area (Å²) in [6, 6.07) is 8.49. The van der Waals surface area contributed by atoms with Crippen LogP contribution in [0.25, 0.3) is 10.6 Å². The molecule has 2 N–H and O–H groups in total. The Morgan fingerprint density at radius 2 is 2.00 bits per heavy atom. The minimum absolute atomic E-state index is 0. The number of thiazole rings is 1. The molecule has 1 aliphatic rings. The van der Waals surface area contributed by atoms with Crippen molar-refractivity contribution >= 4 is 29.7 Å². The molecular formula is C19H27ClN4OS. The first kappa shape index (κ1) is 20.8. The molecule has 1 aliphatic heterocycles. The number of nitrogens with zero attached hydrogens (tertiary/aromatic N) is 2. The first-order chi connectivity index (χ1) is 12.2. The van der Waals surface area contributed by atoms with Gasteiger partial charge in [0.25, 0.3) is 0 Å². The predicted octanol–water partition coefficient (Wildman–Crippen LogP) is 2.36. The van der Waals surface area contributed by atoms with Gasteiger partial charge in [-0.25, -0.2) is 4.98 Å². The van der Waals surface area contributed by atoms with Crippen LogP contribution in [0.4, 0.5) is 0 Å². The van der Waals surface area contributed by atoms with E-state index in [1.54, 1.807) is 11.3 Å². The molecular weight excluding hydrogens is 368 g/mol. The third-order valence-electron chi connectivity index (χ3n) is 4.46. The Hall–Kier alpha value is -1.47. The minimum atomic E-state index is 0. The Bertz CT molecular complexity index is 683. The predicted molar refractivity (Wildman–Crippen MR) is 110 cm³/mol. The van der Waals surface area contributed by atoms with E-state index >= 15 is 0 Å². The quantitative estimate of drug-likeness (QED) is 0.756. The maximum atomic E-state index is 12.1. The van der Waals surface area contributed by atoms with Crippen molar-refractivity contribution in [2.75, 3.05) is 39.3 Å². The molecule has 2 heterocycles. The Morgan fingerprint density at radius 3 is 2.69 bits per heavy atom. The Morgan fingerprint density at radius 1 is 1.27 bits per heavy atom. The lowest BCUT2D eigenvalue weighted by atomic mass is 10.1. The number of rotatable bonds is 7. The average molecular weight is 395 g/mol. The lowest BCUT2D eigenvalue weighted by Gasteiger charge is -2.27. The first-order valence-electron chi connectivity index (χ1n) is 8.98. The summed E-state index contributed by atoms with van der Waals surface area (Å²) in [6.07, 6.45) is 1.39. The SMILES string of the molecule is CCc1ccc(-c2nc(CC(=O)NCCN3CCNCC3)cs2)cc1.Cl. The van der Waals surface area contributed by atoms with Crippen LogP contribution in [0.2, 0.25) is 0 Å². The van der Waals surface area contributed by atoms with Crippen molar-refractivity contribution in [3.05, 3.63) is 40.9 Å². The summed E-state index contributed by atoms with van der Waals surface area (Å²) in [5, 5.41) is 9.30. The molecule has 3 rings (SSSR count). The van der Waals surface area contributed by atoms with E-state index in [1.807, 2.05) is 5.38 Å². The third-order valence-corrected chi connectivity index (χ3v) is 5.40. The van der Waals surface area contributed by atoms with Crippen molar-refractivity contribution in [3.63, 3.8) is 0 Å². The summed E-state index contributed by atoms with van der Waals surface area (Å²) < 4.78 is 0. The number of carbonyl (C=O) groups excluding carboxylic acids is 1. The van der Waals surface area contributed by atoms with Crippen molar-refractivity contribution in [2.24, 2.45) is 0 Å². The second-order valence-electron chi connectivity index (χ2n) is 6.31. The average Bonchev–Trinajstić information content (AvgIpc) is 3.11. The molecule has 7 heteroatoms. The maximum absolute atomic E-state index is 12.1. The van der Waals surface area contributed by atoms with E-state index in [9.17, 15) is 4.79 Å². The highest BCUT2D eigenvalue weighted by Crippen LogP contribution is 2.24. The standard InChI is InChI=1S/C19H26N4OS.ClH/c1-2-15-3-5-16(6-4-15)19-22-17(14-25-19)13-18(24)21-9-12-23-10-7-20-8-11-23;/h3-6,14,20H,2,7-13H2,1H3,(H,21,24);1H. The van der Waals surface area contributed by atoms with E-state index in [0.29, 0.717) is 13.0 Å². The summed E-state index contributed by atoms with van der Waals surface area (Å²) in [5.74, 6) is 0.0494. The number of halogens is 1. The molecule has 1 aromatic heterocycles. The molecule has 26 heavy (non-hydrogen) atoms. The number of hydrogen-bond acceptors (Lipinski definition) is 5. The number of hydrogen-bond donors (Lipinski definition) is 2. The van der Waals surface area contributed by atoms with Gasteiger partial charge in [0.15, 0.2) is 0 Å². The van der Waals surface area contributed by atoms with Crippen LogP contribution in [0.5, 0.6) is 0 Å². The lowest BCUT2D eigenvalue weighted by Crippen LogP contribution is -2.46. The van der Waals surface area contributed by atoms with Crippen LogP contribution in [0.1, 0.15) is 18.2 Å². The molecule has 1 fully saturated rings. The monoisotopic (exact) mass is 394 g/mol. The van der Waals surface area contributed by atoms with Gasteiger partial charge in [-0.1, -0.05) is 31.2 Å². The fourth-order valence-corrected chi connectivity index (χ4v) is 3.74. The summed E-state index contributed by atoms with van der Waals surface area (Å²) >= 11 is 1.60. The van der Waals surface area contributed by atoms with E-state index < -0.39 is 0 Å². The molecule has 0 unspecified atom stereocenters. The van der Waals surface area contributed by atoms with Gasteiger partial charge in [0.2, 0.25) is 5.91 Å². The fraction of sp³-hybridized carbons (Fsp3) is 0.474. The van der Waals surface area contributed by atoms with Gasteiger partial charge in [-0.05, 0) is 12.0 Å². The lowest BCUT2D eigenvalue weighted by molar-refractivity contribution is -0.120. The zero-order chi connectivity index (χ0) is 17.5. The van der Waals surface area contributed by atoms with Crippen LogP contribution >= 0.6 is 23.7 Å². The molecule has 0 atom stereocenters. The van der Waals surface area contributed by atoms with Gasteiger partial charge in [0.1, 0.15) is 5.01 Å². The molecule has 5 nitrogen and oxygen atoms in total. The van der Waals surface area contributed by atoms with Crippen LogP contribution < -0.4 is 10.6 Å². The van der Waals surface area contributed by atoms with Gasteiger partial charge in [0, 0.05) is 50.2 Å². The van der Waals surface area contributed by atoms with Crippen molar-refractivity contribution in [3.8, 4) is 10.6 Å². The van der Waals surface area contributed by atoms with Crippen LogP contribution in [0.15, 0.2) is 29.6 Å². The number of aromatic nitrogens is 1. The molecule has 1 amide bonds. The number of carbonyl (C=O) groups is 1. The highest BCUT2D eigenvalue weighted by Gasteiger charge is 2.11. The largest absolute Gasteiger partial charge is 0.354 e. The molecule has 142 valence electrons. The highest BCUT2D eigenvalue weighted by molar-refractivity contribution is 7.13. The number of benzene rings is 1. The molecule has 0 spiro atoms. The molecule has 1 saturated heterocycles. The van der Waals surface area contributed by atoms with E-state index in [2.05, 4.69) is 51.7 Å². The Kier molecular flexibility index (Phi) is 8.51. The maximum Gasteiger partial charge on any atom is 0.226 e. The van der Waals surface area contributed by atoms with Crippen LogP contribution in [0, 0.1) is 0 Å². The molecule has 0 aliphatic carbocycles. The minimum Gasteiger partial charge on any atom is -0.354 e. The first-order valence-corrected chi connectivity index (χ1v) is 9.86. The zero-order valence-electron chi connectivity index (χ0n) is 15.2. The van der Waals surface area contributed by atoms with E-state index in [1.165, 1.54) is 5.56 Å². The Balaban J connectivity index is 0.00000243. The normalized spacial score (nSPS) is 14.7. The second-order valence-corrected chi connectivity index (χ2v) is 7.17. The van der Waals surface area contributed by atoms with Crippen LogP contribution in [-0.4, -0.2) is 55.1 Å². The number of amides is 1. The van der Waals surface area contributed by atoms with Crippen LogP contribution in [0.3, 0.4) is 0 Å². The topological polar surface area (TPSA) is 57.3 Å². The van der Waals surface area contributed by atoms with Crippen molar-refractivity contribution in [1.29, 1.82) is 0 Å². The van der Waals surface area contributed by atoms with Gasteiger partial charge < -0.3 is 10.6 Å². The summed E-state index contributed by atoms with van der Waals surface area (Å²) in [5.41, 5.74) is 3.29. The molecule has 1 aromatic carbocycles. The number of piperazine rings is 1. The summed E-state index contributed by atoms with van der Waals surface area (Å²) in [7, 11) is 0. The molecule has 0 bridgehead atoms. The number of nitrogens with one attached hydrogen (secondary N) is 2. The smallest absolute Gasteiger partial charge is 0.226 e. The fourth-order valence-electron chi connectivity index (χ4n) is 2.92. The van der Waals surface area contributed by atoms with Gasteiger partial charge in [0.05, 0.1) is 12.1 Å². The highest BCUT2D eigenvalue weighted by atomic mass is 35.5. The summed E-state index contributed by atoms with van der Waals surface area (Å²) in [6.45, 7) is 7.96. The Labute approximate surface area is 165 Å². The summed E-state index contributed by atoms with van der Waals surface area (Å²) in [4.78, 5) is 19.1. The van der Waals surface area contributed by atoms with Gasteiger partial charge in [-0.15, -0.1) is 23.7 Å². The van der Waals surface area contributed by atoms with Gasteiger partial charge >= 0.3 is 0 Å². The second kappa shape index (κ2) is 10.6. The zero-order valence-corrected chi connectivity index (χ0v) is 16.8. The third kappa shape index (κ3) is 6.06. The van der Waals surface area contributed by atoms with Crippen molar-refractivity contribution in [2.45, 2.75) is 19.8 Å². The van der Waals surface area contributed by atoms with Crippen LogP contribution in [-0.2, 0) is 17.6 Å². The number of aryl methyl sites for hydroxylation is 1. The van der Waals surface area contributed by atoms with Gasteiger partial charge in [-0.2, -0.15) is 0 Å². The molecule has 0 saturated carbocycles. The van der Waals surface area contributed by atoms with Crippen molar-refractivity contribution in [1.82, 2.24) is 20.5 Å². The van der Waals surface area contributed by atoms with E-state index in [0.717, 1.165) is 55.4 Å². The molecule has 0 radical (unpaired) electrons.